The van der Waals surface area contributed by atoms with Crippen molar-refractivity contribution in [2.45, 2.75) is 26.3 Å². The smallest absolute Gasteiger partial charge is 0.244 e. The number of nitrogens with zero attached hydrogens (tertiary/aromatic N) is 1. The van der Waals surface area contributed by atoms with E-state index in [1.807, 2.05) is 0 Å². The molecule has 2 rings (SSSR count). The number of nitrogens with two attached hydrogens (primary N) is 1. The molecule has 0 spiro atoms. The SMILES string of the molecule is CCc1ccc(N2CC(C)CNC(=O)C2CN)cc1. The molecule has 4 nitrogen and oxygen atoms in total. The predicted octanol–water partition coefficient (Wildman–Crippen LogP) is 1.15. The Labute approximate surface area is 115 Å². The summed E-state index contributed by atoms with van der Waals surface area (Å²) in [6.45, 7) is 6.20. The van der Waals surface area contributed by atoms with Gasteiger partial charge in [-0.05, 0) is 30.0 Å². The number of carbonyl (C=O) groups excluding carboxylic acids is 1. The van der Waals surface area contributed by atoms with Gasteiger partial charge in [-0.2, -0.15) is 0 Å². The van der Waals surface area contributed by atoms with Crippen LogP contribution in [0, 0.1) is 5.92 Å². The van der Waals surface area contributed by atoms with Crippen molar-refractivity contribution in [3.63, 3.8) is 0 Å². The maximum absolute atomic E-state index is 12.1. The van der Waals surface area contributed by atoms with Gasteiger partial charge in [0.05, 0.1) is 0 Å². The summed E-state index contributed by atoms with van der Waals surface area (Å²) in [6, 6.07) is 8.16. The van der Waals surface area contributed by atoms with Crippen LogP contribution in [0.1, 0.15) is 19.4 Å². The number of hydrogen-bond acceptors (Lipinski definition) is 3. The molecule has 3 N–H and O–H groups in total. The molecule has 1 aromatic rings. The number of nitrogens with one attached hydrogen (secondary N) is 1. The van der Waals surface area contributed by atoms with Crippen LogP contribution in [-0.4, -0.2) is 31.6 Å². The number of amides is 1. The van der Waals surface area contributed by atoms with E-state index in [2.05, 4.69) is 48.3 Å². The summed E-state index contributed by atoms with van der Waals surface area (Å²) in [4.78, 5) is 14.2. The summed E-state index contributed by atoms with van der Waals surface area (Å²) in [5.41, 5.74) is 8.18. The van der Waals surface area contributed by atoms with Gasteiger partial charge in [0.1, 0.15) is 6.04 Å². The zero-order valence-corrected chi connectivity index (χ0v) is 11.7. The van der Waals surface area contributed by atoms with E-state index in [1.54, 1.807) is 0 Å². The van der Waals surface area contributed by atoms with E-state index < -0.39 is 0 Å². The normalized spacial score (nSPS) is 23.9. The van der Waals surface area contributed by atoms with Crippen LogP contribution in [0.5, 0.6) is 0 Å². The molecule has 0 saturated carbocycles. The van der Waals surface area contributed by atoms with Gasteiger partial charge in [-0.25, -0.2) is 0 Å². The van der Waals surface area contributed by atoms with Gasteiger partial charge >= 0.3 is 0 Å². The molecule has 0 aliphatic carbocycles. The molecule has 0 bridgehead atoms. The van der Waals surface area contributed by atoms with Gasteiger partial charge in [0.25, 0.3) is 0 Å². The van der Waals surface area contributed by atoms with Gasteiger partial charge < -0.3 is 16.0 Å². The Bertz CT molecular complexity index is 430. The molecule has 19 heavy (non-hydrogen) atoms. The second kappa shape index (κ2) is 6.06. The van der Waals surface area contributed by atoms with Crippen molar-refractivity contribution in [2.24, 2.45) is 11.7 Å². The van der Waals surface area contributed by atoms with E-state index in [1.165, 1.54) is 5.56 Å². The molecule has 1 fully saturated rings. The quantitative estimate of drug-likeness (QED) is 0.858. The number of carbonyl (C=O) groups is 1. The molecule has 0 aromatic heterocycles. The second-order valence-electron chi connectivity index (χ2n) is 5.27. The Morgan fingerprint density at radius 1 is 1.37 bits per heavy atom. The van der Waals surface area contributed by atoms with E-state index in [0.717, 1.165) is 25.2 Å². The summed E-state index contributed by atoms with van der Waals surface area (Å²) in [7, 11) is 0. The molecule has 1 aromatic carbocycles. The minimum atomic E-state index is -0.266. The highest BCUT2D eigenvalue weighted by atomic mass is 16.2. The molecular formula is C15H23N3O. The largest absolute Gasteiger partial charge is 0.358 e. The van der Waals surface area contributed by atoms with E-state index >= 15 is 0 Å². The summed E-state index contributed by atoms with van der Waals surface area (Å²) in [6.07, 6.45) is 1.03. The molecule has 4 heteroatoms. The molecule has 0 radical (unpaired) electrons. The van der Waals surface area contributed by atoms with Gasteiger partial charge in [0.2, 0.25) is 5.91 Å². The molecule has 2 atom stereocenters. The van der Waals surface area contributed by atoms with Crippen molar-refractivity contribution in [3.8, 4) is 0 Å². The van der Waals surface area contributed by atoms with Gasteiger partial charge in [0, 0.05) is 25.3 Å². The molecule has 1 saturated heterocycles. The highest BCUT2D eigenvalue weighted by Crippen LogP contribution is 2.21. The molecule has 1 aliphatic heterocycles. The maximum atomic E-state index is 12.1. The molecular weight excluding hydrogens is 238 g/mol. The first kappa shape index (κ1) is 13.9. The highest BCUT2D eigenvalue weighted by Gasteiger charge is 2.29. The van der Waals surface area contributed by atoms with E-state index in [0.29, 0.717) is 12.5 Å². The zero-order valence-electron chi connectivity index (χ0n) is 11.7. The van der Waals surface area contributed by atoms with Crippen LogP contribution in [0.2, 0.25) is 0 Å². The fourth-order valence-corrected chi connectivity index (χ4v) is 2.50. The summed E-state index contributed by atoms with van der Waals surface area (Å²) < 4.78 is 0. The monoisotopic (exact) mass is 261 g/mol. The fraction of sp³-hybridized carbons (Fsp3) is 0.533. The lowest BCUT2D eigenvalue weighted by molar-refractivity contribution is -0.121. The van der Waals surface area contributed by atoms with Crippen molar-refractivity contribution >= 4 is 11.6 Å². The van der Waals surface area contributed by atoms with E-state index in [-0.39, 0.29) is 11.9 Å². The summed E-state index contributed by atoms with van der Waals surface area (Å²) in [5, 5.41) is 2.96. The fourth-order valence-electron chi connectivity index (χ4n) is 2.50. The lowest BCUT2D eigenvalue weighted by atomic mass is 10.1. The van der Waals surface area contributed by atoms with Crippen LogP contribution in [0.3, 0.4) is 0 Å². The van der Waals surface area contributed by atoms with E-state index in [9.17, 15) is 4.79 Å². The first-order chi connectivity index (χ1) is 9.15. The van der Waals surface area contributed by atoms with Crippen molar-refractivity contribution in [1.29, 1.82) is 0 Å². The Balaban J connectivity index is 2.28. The maximum Gasteiger partial charge on any atom is 0.244 e. The number of anilines is 1. The number of benzene rings is 1. The van der Waals surface area contributed by atoms with Crippen LogP contribution < -0.4 is 16.0 Å². The molecule has 1 amide bonds. The molecule has 1 heterocycles. The van der Waals surface area contributed by atoms with Gasteiger partial charge in [-0.1, -0.05) is 26.0 Å². The van der Waals surface area contributed by atoms with E-state index in [4.69, 9.17) is 5.73 Å². The Kier molecular flexibility index (Phi) is 4.43. The summed E-state index contributed by atoms with van der Waals surface area (Å²) in [5.74, 6) is 0.456. The molecule has 104 valence electrons. The first-order valence-electron chi connectivity index (χ1n) is 6.99. The van der Waals surface area contributed by atoms with Crippen molar-refractivity contribution < 1.29 is 4.79 Å². The molecule has 2 unspecified atom stereocenters. The molecule has 1 aliphatic rings. The van der Waals surface area contributed by atoms with Gasteiger partial charge in [0.15, 0.2) is 0 Å². The van der Waals surface area contributed by atoms with Gasteiger partial charge in [-0.3, -0.25) is 4.79 Å². The zero-order chi connectivity index (χ0) is 13.8. The third kappa shape index (κ3) is 3.07. The Hall–Kier alpha value is -1.55. The predicted molar refractivity (Wildman–Crippen MR) is 78.2 cm³/mol. The number of hydrogen-bond donors (Lipinski definition) is 2. The lowest BCUT2D eigenvalue weighted by Crippen LogP contribution is -2.49. The first-order valence-corrected chi connectivity index (χ1v) is 6.99. The standard InChI is InChI=1S/C15H23N3O/c1-3-12-4-6-13(7-5-12)18-10-11(2)9-17-15(19)14(18)8-16/h4-7,11,14H,3,8-10,16H2,1-2H3,(H,17,19). The van der Waals surface area contributed by atoms with Crippen LogP contribution in [0.15, 0.2) is 24.3 Å². The Morgan fingerprint density at radius 3 is 2.63 bits per heavy atom. The van der Waals surface area contributed by atoms with Crippen LogP contribution in [0.4, 0.5) is 5.69 Å². The number of aryl methyl sites for hydroxylation is 1. The average molecular weight is 261 g/mol. The van der Waals surface area contributed by atoms with Crippen molar-refractivity contribution in [2.75, 3.05) is 24.5 Å². The minimum absolute atomic E-state index is 0.0337. The van der Waals surface area contributed by atoms with Crippen molar-refractivity contribution in [3.05, 3.63) is 29.8 Å². The topological polar surface area (TPSA) is 58.4 Å². The van der Waals surface area contributed by atoms with Crippen molar-refractivity contribution in [1.82, 2.24) is 5.32 Å². The highest BCUT2D eigenvalue weighted by molar-refractivity contribution is 5.86. The van der Waals surface area contributed by atoms with Crippen LogP contribution in [-0.2, 0) is 11.2 Å². The Morgan fingerprint density at radius 2 is 2.05 bits per heavy atom. The third-order valence-electron chi connectivity index (χ3n) is 3.71. The second-order valence-corrected chi connectivity index (χ2v) is 5.27. The summed E-state index contributed by atoms with van der Waals surface area (Å²) >= 11 is 0. The average Bonchev–Trinajstić information content (AvgIpc) is 2.58. The minimum Gasteiger partial charge on any atom is -0.358 e. The van der Waals surface area contributed by atoms with Crippen LogP contribution in [0.25, 0.3) is 0 Å². The van der Waals surface area contributed by atoms with Gasteiger partial charge in [-0.15, -0.1) is 0 Å². The van der Waals surface area contributed by atoms with Crippen LogP contribution >= 0.6 is 0 Å². The lowest BCUT2D eigenvalue weighted by Gasteiger charge is -2.30. The number of rotatable bonds is 3. The third-order valence-corrected chi connectivity index (χ3v) is 3.71.